The Kier molecular flexibility index (Phi) is 6.61. The lowest BCUT2D eigenvalue weighted by molar-refractivity contribution is -0.117. The molecule has 2 amide bonds. The van der Waals surface area contributed by atoms with Crippen molar-refractivity contribution in [3.05, 3.63) is 88.2 Å². The molecule has 1 aliphatic heterocycles. The molecule has 3 aromatic carbocycles. The summed E-state index contributed by atoms with van der Waals surface area (Å²) in [5.41, 5.74) is 4.50. The molecule has 0 atom stereocenters. The standard InChI is InChI=1S/C28H26N4O3S/c1-18-14-19(2)16-20(15-18)32-27(35)21-8-3-4-9-22(21)30-28(32)36-17-25(33)29-23-10-5-6-11-24(23)31-13-7-12-26(31)34/h3-6,8-11,14-16H,7,12-13,17H2,1-2H3,(H,29,33). The highest BCUT2D eigenvalue weighted by Gasteiger charge is 2.24. The summed E-state index contributed by atoms with van der Waals surface area (Å²) in [5, 5.41) is 3.91. The summed E-state index contributed by atoms with van der Waals surface area (Å²) in [4.78, 5) is 45.2. The van der Waals surface area contributed by atoms with Gasteiger partial charge in [-0.05, 0) is 67.8 Å². The van der Waals surface area contributed by atoms with Gasteiger partial charge in [0.2, 0.25) is 11.8 Å². The van der Waals surface area contributed by atoms with Crippen LogP contribution in [0.2, 0.25) is 0 Å². The molecule has 7 nitrogen and oxygen atoms in total. The first kappa shape index (κ1) is 23.8. The number of benzene rings is 3. The van der Waals surface area contributed by atoms with Gasteiger partial charge < -0.3 is 10.2 Å². The van der Waals surface area contributed by atoms with E-state index in [1.54, 1.807) is 27.7 Å². The van der Waals surface area contributed by atoms with Crippen LogP contribution in [0.3, 0.4) is 0 Å². The topological polar surface area (TPSA) is 84.3 Å². The first-order chi connectivity index (χ1) is 17.4. The van der Waals surface area contributed by atoms with Gasteiger partial charge in [0.25, 0.3) is 5.56 Å². The molecular weight excluding hydrogens is 472 g/mol. The number of aromatic nitrogens is 2. The minimum atomic E-state index is -0.242. The number of hydrogen-bond donors (Lipinski definition) is 1. The summed E-state index contributed by atoms with van der Waals surface area (Å²) < 4.78 is 1.58. The third kappa shape index (κ3) is 4.77. The zero-order valence-electron chi connectivity index (χ0n) is 20.2. The van der Waals surface area contributed by atoms with Gasteiger partial charge in [-0.1, -0.05) is 42.1 Å². The van der Waals surface area contributed by atoms with E-state index in [1.807, 2.05) is 62.4 Å². The maximum atomic E-state index is 13.5. The first-order valence-corrected chi connectivity index (χ1v) is 12.8. The van der Waals surface area contributed by atoms with Crippen LogP contribution in [0.25, 0.3) is 16.6 Å². The highest BCUT2D eigenvalue weighted by Crippen LogP contribution is 2.30. The number of fused-ring (bicyclic) bond motifs is 1. The van der Waals surface area contributed by atoms with Crippen LogP contribution < -0.4 is 15.8 Å². The van der Waals surface area contributed by atoms with Gasteiger partial charge in [0, 0.05) is 13.0 Å². The van der Waals surface area contributed by atoms with E-state index in [0.717, 1.165) is 23.2 Å². The lowest BCUT2D eigenvalue weighted by Crippen LogP contribution is -2.26. The van der Waals surface area contributed by atoms with Crippen molar-refractivity contribution in [3.8, 4) is 5.69 Å². The molecule has 36 heavy (non-hydrogen) atoms. The fraction of sp³-hybridized carbons (Fsp3) is 0.214. The molecule has 1 aromatic heterocycles. The summed E-state index contributed by atoms with van der Waals surface area (Å²) in [6, 6.07) is 20.5. The number of aryl methyl sites for hydroxylation is 2. The predicted octanol–water partition coefficient (Wildman–Crippen LogP) is 4.86. The van der Waals surface area contributed by atoms with E-state index in [0.29, 0.717) is 40.4 Å². The average molecular weight is 499 g/mol. The van der Waals surface area contributed by atoms with E-state index in [-0.39, 0.29) is 23.1 Å². The Morgan fingerprint density at radius 3 is 2.47 bits per heavy atom. The number of para-hydroxylation sites is 3. The van der Waals surface area contributed by atoms with E-state index in [9.17, 15) is 14.4 Å². The van der Waals surface area contributed by atoms with Gasteiger partial charge in [-0.25, -0.2) is 4.98 Å². The monoisotopic (exact) mass is 498 g/mol. The lowest BCUT2D eigenvalue weighted by Gasteiger charge is -2.20. The number of anilines is 2. The van der Waals surface area contributed by atoms with Crippen LogP contribution in [0.4, 0.5) is 11.4 Å². The molecule has 2 heterocycles. The van der Waals surface area contributed by atoms with Gasteiger partial charge in [0.15, 0.2) is 5.16 Å². The normalized spacial score (nSPS) is 13.4. The number of thioether (sulfide) groups is 1. The summed E-state index contributed by atoms with van der Waals surface area (Å²) >= 11 is 1.21. The first-order valence-electron chi connectivity index (χ1n) is 11.8. The molecular formula is C28H26N4O3S. The van der Waals surface area contributed by atoms with E-state index >= 15 is 0 Å². The van der Waals surface area contributed by atoms with Crippen molar-refractivity contribution in [2.75, 3.05) is 22.5 Å². The van der Waals surface area contributed by atoms with Crippen molar-refractivity contribution < 1.29 is 9.59 Å². The third-order valence-electron chi connectivity index (χ3n) is 6.08. The molecule has 0 aliphatic carbocycles. The van der Waals surface area contributed by atoms with Crippen molar-refractivity contribution in [3.63, 3.8) is 0 Å². The fourth-order valence-electron chi connectivity index (χ4n) is 4.55. The highest BCUT2D eigenvalue weighted by molar-refractivity contribution is 7.99. The molecule has 1 N–H and O–H groups in total. The van der Waals surface area contributed by atoms with Gasteiger partial charge >= 0.3 is 0 Å². The number of rotatable bonds is 6. The molecule has 0 radical (unpaired) electrons. The van der Waals surface area contributed by atoms with Gasteiger partial charge in [0.05, 0.1) is 33.7 Å². The van der Waals surface area contributed by atoms with Crippen LogP contribution in [0.1, 0.15) is 24.0 Å². The highest BCUT2D eigenvalue weighted by atomic mass is 32.2. The third-order valence-corrected chi connectivity index (χ3v) is 7.02. The zero-order valence-corrected chi connectivity index (χ0v) is 21.0. The van der Waals surface area contributed by atoms with E-state index in [4.69, 9.17) is 4.98 Å². The maximum Gasteiger partial charge on any atom is 0.266 e. The molecule has 4 aromatic rings. The molecule has 0 saturated carbocycles. The Morgan fingerprint density at radius 2 is 1.72 bits per heavy atom. The number of hydrogen-bond acceptors (Lipinski definition) is 5. The van der Waals surface area contributed by atoms with Crippen molar-refractivity contribution in [1.82, 2.24) is 9.55 Å². The van der Waals surface area contributed by atoms with E-state index in [1.165, 1.54) is 11.8 Å². The molecule has 1 fully saturated rings. The van der Waals surface area contributed by atoms with Crippen LogP contribution >= 0.6 is 11.8 Å². The number of nitrogens with zero attached hydrogens (tertiary/aromatic N) is 3. The van der Waals surface area contributed by atoms with Crippen molar-refractivity contribution in [2.45, 2.75) is 31.8 Å². The molecule has 0 bridgehead atoms. The number of carbonyl (C=O) groups is 2. The molecule has 5 rings (SSSR count). The second-order valence-corrected chi connectivity index (χ2v) is 9.84. The molecule has 8 heteroatoms. The average Bonchev–Trinajstić information content (AvgIpc) is 3.28. The molecule has 1 saturated heterocycles. The second-order valence-electron chi connectivity index (χ2n) is 8.90. The summed E-state index contributed by atoms with van der Waals surface area (Å²) in [6.07, 6.45) is 1.32. The number of amides is 2. The van der Waals surface area contributed by atoms with Gasteiger partial charge in [-0.2, -0.15) is 0 Å². The Labute approximate surface area is 213 Å². The summed E-state index contributed by atoms with van der Waals surface area (Å²) in [7, 11) is 0. The SMILES string of the molecule is Cc1cc(C)cc(-n2c(SCC(=O)Nc3ccccc3N3CCCC3=O)nc3ccccc3c2=O)c1. The van der Waals surface area contributed by atoms with Gasteiger partial charge in [0.1, 0.15) is 0 Å². The van der Waals surface area contributed by atoms with Crippen LogP contribution in [-0.2, 0) is 9.59 Å². The maximum absolute atomic E-state index is 13.5. The van der Waals surface area contributed by atoms with Crippen LogP contribution in [0, 0.1) is 13.8 Å². The van der Waals surface area contributed by atoms with E-state index < -0.39 is 0 Å². The molecule has 182 valence electrons. The predicted molar refractivity (Wildman–Crippen MR) is 144 cm³/mol. The Balaban J connectivity index is 1.45. The van der Waals surface area contributed by atoms with Crippen LogP contribution in [-0.4, -0.2) is 33.7 Å². The Hall–Kier alpha value is -3.91. The van der Waals surface area contributed by atoms with Crippen molar-refractivity contribution in [2.24, 2.45) is 0 Å². The smallest absolute Gasteiger partial charge is 0.266 e. The largest absolute Gasteiger partial charge is 0.324 e. The van der Waals surface area contributed by atoms with Gasteiger partial charge in [-0.3, -0.25) is 19.0 Å². The minimum Gasteiger partial charge on any atom is -0.324 e. The quantitative estimate of drug-likeness (QED) is 0.303. The van der Waals surface area contributed by atoms with Crippen molar-refractivity contribution in [1.29, 1.82) is 0 Å². The summed E-state index contributed by atoms with van der Waals surface area (Å²) in [5.74, 6) is -0.130. The molecule has 1 aliphatic rings. The lowest BCUT2D eigenvalue weighted by atomic mass is 10.1. The minimum absolute atomic E-state index is 0.0534. The second kappa shape index (κ2) is 9.99. The fourth-order valence-corrected chi connectivity index (χ4v) is 5.36. The van der Waals surface area contributed by atoms with E-state index in [2.05, 4.69) is 5.32 Å². The molecule has 0 unspecified atom stereocenters. The zero-order chi connectivity index (χ0) is 25.2. The van der Waals surface area contributed by atoms with Crippen molar-refractivity contribution >= 4 is 45.9 Å². The summed E-state index contributed by atoms with van der Waals surface area (Å²) in [6.45, 7) is 4.61. The number of carbonyl (C=O) groups excluding carboxylic acids is 2. The van der Waals surface area contributed by atoms with Crippen LogP contribution in [0.5, 0.6) is 0 Å². The molecule has 0 spiro atoms. The van der Waals surface area contributed by atoms with Gasteiger partial charge in [-0.15, -0.1) is 0 Å². The van der Waals surface area contributed by atoms with Crippen LogP contribution in [0.15, 0.2) is 76.7 Å². The number of nitrogens with one attached hydrogen (secondary N) is 1. The Morgan fingerprint density at radius 1 is 1.00 bits per heavy atom. The Bertz CT molecular complexity index is 1530.